The van der Waals surface area contributed by atoms with Gasteiger partial charge in [-0.15, -0.1) is 0 Å². The number of carbonyl (C=O) groups excluding carboxylic acids is 1. The molecule has 0 saturated carbocycles. The normalized spacial score (nSPS) is 16.4. The minimum Gasteiger partial charge on any atom is -0.482 e. The van der Waals surface area contributed by atoms with E-state index in [1.54, 1.807) is 0 Å². The van der Waals surface area contributed by atoms with Gasteiger partial charge in [-0.2, -0.15) is 0 Å². The van der Waals surface area contributed by atoms with E-state index >= 15 is 0 Å². The number of anilines is 1. The molecular formula is C13H18N2O2. The third-order valence-electron chi connectivity index (χ3n) is 3.09. The van der Waals surface area contributed by atoms with Gasteiger partial charge in [0, 0.05) is 12.6 Å². The van der Waals surface area contributed by atoms with Gasteiger partial charge in [0.05, 0.1) is 5.69 Å². The number of rotatable bonds is 4. The van der Waals surface area contributed by atoms with Crippen LogP contribution in [0.25, 0.3) is 0 Å². The van der Waals surface area contributed by atoms with Gasteiger partial charge >= 0.3 is 0 Å². The molecule has 1 heterocycles. The molecule has 1 aliphatic rings. The standard InChI is InChI=1S/C13H18N2O2/c1-10(14-2)7-8-15-11-5-3-4-6-12(11)17-9-13(15)16/h3-6,10,14H,7-9H2,1-2H3. The van der Waals surface area contributed by atoms with Gasteiger partial charge in [-0.3, -0.25) is 4.79 Å². The van der Waals surface area contributed by atoms with Gasteiger partial charge in [0.25, 0.3) is 5.91 Å². The topological polar surface area (TPSA) is 41.6 Å². The molecule has 0 radical (unpaired) electrons. The number of nitrogens with one attached hydrogen (secondary N) is 1. The van der Waals surface area contributed by atoms with Crippen LogP contribution in [0, 0.1) is 0 Å². The molecule has 17 heavy (non-hydrogen) atoms. The molecule has 0 aliphatic carbocycles. The lowest BCUT2D eigenvalue weighted by Gasteiger charge is -2.30. The summed E-state index contributed by atoms with van der Waals surface area (Å²) in [6, 6.07) is 8.07. The van der Waals surface area contributed by atoms with Gasteiger partial charge in [0.2, 0.25) is 0 Å². The molecule has 0 spiro atoms. The van der Waals surface area contributed by atoms with E-state index < -0.39 is 0 Å². The smallest absolute Gasteiger partial charge is 0.265 e. The molecule has 1 unspecified atom stereocenters. The van der Waals surface area contributed by atoms with Crippen molar-refractivity contribution >= 4 is 11.6 Å². The summed E-state index contributed by atoms with van der Waals surface area (Å²) >= 11 is 0. The number of carbonyl (C=O) groups is 1. The van der Waals surface area contributed by atoms with Crippen molar-refractivity contribution in [2.45, 2.75) is 19.4 Å². The van der Waals surface area contributed by atoms with Gasteiger partial charge < -0.3 is 15.0 Å². The number of hydrogen-bond donors (Lipinski definition) is 1. The summed E-state index contributed by atoms with van der Waals surface area (Å²) in [4.78, 5) is 13.7. The van der Waals surface area contributed by atoms with Crippen molar-refractivity contribution in [2.75, 3.05) is 25.1 Å². The van der Waals surface area contributed by atoms with Crippen LogP contribution in [-0.4, -0.2) is 32.1 Å². The summed E-state index contributed by atoms with van der Waals surface area (Å²) in [5, 5.41) is 3.17. The summed E-state index contributed by atoms with van der Waals surface area (Å²) in [7, 11) is 1.93. The summed E-state index contributed by atoms with van der Waals surface area (Å²) in [6.07, 6.45) is 0.927. The lowest BCUT2D eigenvalue weighted by atomic mass is 10.2. The van der Waals surface area contributed by atoms with Crippen LogP contribution in [-0.2, 0) is 4.79 Å². The Hall–Kier alpha value is -1.55. The third kappa shape index (κ3) is 2.58. The lowest BCUT2D eigenvalue weighted by Crippen LogP contribution is -2.41. The van der Waals surface area contributed by atoms with Crippen LogP contribution < -0.4 is 15.0 Å². The maximum atomic E-state index is 11.8. The highest BCUT2D eigenvalue weighted by molar-refractivity contribution is 5.97. The van der Waals surface area contributed by atoms with Crippen LogP contribution in [0.1, 0.15) is 13.3 Å². The largest absolute Gasteiger partial charge is 0.482 e. The maximum absolute atomic E-state index is 11.8. The van der Waals surface area contributed by atoms with Crippen LogP contribution in [0.3, 0.4) is 0 Å². The maximum Gasteiger partial charge on any atom is 0.265 e. The first-order valence-electron chi connectivity index (χ1n) is 5.92. The van der Waals surface area contributed by atoms with Crippen molar-refractivity contribution in [1.29, 1.82) is 0 Å². The lowest BCUT2D eigenvalue weighted by molar-refractivity contribution is -0.121. The molecule has 92 valence electrons. The Morgan fingerprint density at radius 3 is 3.00 bits per heavy atom. The van der Waals surface area contributed by atoms with Crippen LogP contribution in [0.2, 0.25) is 0 Å². The number of fused-ring (bicyclic) bond motifs is 1. The van der Waals surface area contributed by atoms with Crippen LogP contribution in [0.4, 0.5) is 5.69 Å². The number of nitrogens with zero attached hydrogens (tertiary/aromatic N) is 1. The van der Waals surface area contributed by atoms with Crippen molar-refractivity contribution in [3.8, 4) is 5.75 Å². The first-order valence-corrected chi connectivity index (χ1v) is 5.92. The van der Waals surface area contributed by atoms with Crippen molar-refractivity contribution in [3.05, 3.63) is 24.3 Å². The number of para-hydroxylation sites is 2. The van der Waals surface area contributed by atoms with E-state index in [0.717, 1.165) is 24.4 Å². The predicted octanol–water partition coefficient (Wildman–Crippen LogP) is 1.41. The predicted molar refractivity (Wildman–Crippen MR) is 67.4 cm³/mol. The highest BCUT2D eigenvalue weighted by atomic mass is 16.5. The molecule has 4 heteroatoms. The fourth-order valence-electron chi connectivity index (χ4n) is 1.87. The van der Waals surface area contributed by atoms with Crippen LogP contribution in [0.15, 0.2) is 24.3 Å². The summed E-state index contributed by atoms with van der Waals surface area (Å²) in [6.45, 7) is 2.98. The number of ether oxygens (including phenoxy) is 1. The van der Waals surface area contributed by atoms with Gasteiger partial charge in [-0.1, -0.05) is 12.1 Å². The van der Waals surface area contributed by atoms with Crippen LogP contribution in [0.5, 0.6) is 5.75 Å². The molecule has 1 aromatic carbocycles. The molecule has 0 fully saturated rings. The van der Waals surface area contributed by atoms with Gasteiger partial charge in [-0.25, -0.2) is 0 Å². The summed E-state index contributed by atoms with van der Waals surface area (Å²) in [5.41, 5.74) is 0.882. The molecule has 0 saturated heterocycles. The number of hydrogen-bond acceptors (Lipinski definition) is 3. The van der Waals surface area contributed by atoms with Crippen molar-refractivity contribution in [2.24, 2.45) is 0 Å². The fourth-order valence-corrected chi connectivity index (χ4v) is 1.87. The van der Waals surface area contributed by atoms with Gasteiger partial charge in [0.1, 0.15) is 5.75 Å². The highest BCUT2D eigenvalue weighted by Crippen LogP contribution is 2.31. The molecule has 1 atom stereocenters. The Balaban J connectivity index is 2.13. The summed E-state index contributed by atoms with van der Waals surface area (Å²) < 4.78 is 5.39. The Kier molecular flexibility index (Phi) is 3.64. The van der Waals surface area contributed by atoms with Crippen molar-refractivity contribution < 1.29 is 9.53 Å². The highest BCUT2D eigenvalue weighted by Gasteiger charge is 2.24. The average Bonchev–Trinajstić information content (AvgIpc) is 2.37. The molecule has 0 bridgehead atoms. The fraction of sp³-hybridized carbons (Fsp3) is 0.462. The average molecular weight is 234 g/mol. The summed E-state index contributed by atoms with van der Waals surface area (Å²) in [5.74, 6) is 0.830. The number of benzene rings is 1. The van der Waals surface area contributed by atoms with E-state index in [1.165, 1.54) is 0 Å². The molecule has 1 amide bonds. The minimum atomic E-state index is 0.0343. The molecule has 1 aromatic rings. The van der Waals surface area contributed by atoms with E-state index in [1.807, 2.05) is 36.2 Å². The Morgan fingerprint density at radius 2 is 2.24 bits per heavy atom. The second-order valence-electron chi connectivity index (χ2n) is 4.28. The molecule has 4 nitrogen and oxygen atoms in total. The van der Waals surface area contributed by atoms with E-state index in [-0.39, 0.29) is 12.5 Å². The van der Waals surface area contributed by atoms with E-state index in [9.17, 15) is 4.79 Å². The molecule has 1 N–H and O–H groups in total. The zero-order valence-corrected chi connectivity index (χ0v) is 10.3. The molecule has 1 aliphatic heterocycles. The van der Waals surface area contributed by atoms with Gasteiger partial charge in [-0.05, 0) is 32.5 Å². The molecular weight excluding hydrogens is 216 g/mol. The zero-order chi connectivity index (χ0) is 12.3. The van der Waals surface area contributed by atoms with E-state index in [0.29, 0.717) is 6.04 Å². The Labute approximate surface area is 102 Å². The third-order valence-corrected chi connectivity index (χ3v) is 3.09. The Bertz CT molecular complexity index is 406. The van der Waals surface area contributed by atoms with Crippen molar-refractivity contribution in [1.82, 2.24) is 5.32 Å². The van der Waals surface area contributed by atoms with E-state index in [2.05, 4.69) is 12.2 Å². The quantitative estimate of drug-likeness (QED) is 0.856. The molecule has 2 rings (SSSR count). The second-order valence-corrected chi connectivity index (χ2v) is 4.28. The Morgan fingerprint density at radius 1 is 1.47 bits per heavy atom. The first-order chi connectivity index (χ1) is 8.22. The number of amides is 1. The minimum absolute atomic E-state index is 0.0343. The second kappa shape index (κ2) is 5.19. The monoisotopic (exact) mass is 234 g/mol. The first kappa shape index (κ1) is 11.9. The SMILES string of the molecule is CNC(C)CCN1C(=O)COc2ccccc21. The van der Waals surface area contributed by atoms with Gasteiger partial charge in [0.15, 0.2) is 6.61 Å². The zero-order valence-electron chi connectivity index (χ0n) is 10.3. The van der Waals surface area contributed by atoms with Crippen LogP contribution >= 0.6 is 0 Å². The molecule has 0 aromatic heterocycles. The van der Waals surface area contributed by atoms with Crippen molar-refractivity contribution in [3.63, 3.8) is 0 Å². The van der Waals surface area contributed by atoms with E-state index in [4.69, 9.17) is 4.74 Å².